The monoisotopic (exact) mass is 303 g/mol. The van der Waals surface area contributed by atoms with Gasteiger partial charge in [-0.3, -0.25) is 0 Å². The van der Waals surface area contributed by atoms with E-state index in [9.17, 15) is 4.79 Å². The lowest BCUT2D eigenvalue weighted by Crippen LogP contribution is -2.10. The number of unbranched alkanes of at least 4 members (excludes halogenated alkanes) is 1. The van der Waals surface area contributed by atoms with Crippen LogP contribution in [0.5, 0.6) is 11.5 Å². The molecule has 1 aromatic rings. The van der Waals surface area contributed by atoms with E-state index in [1.807, 2.05) is 7.05 Å². The molecule has 0 saturated heterocycles. The highest BCUT2D eigenvalue weighted by Crippen LogP contribution is 2.25. The maximum Gasteiger partial charge on any atom is 0.341 e. The van der Waals surface area contributed by atoms with Gasteiger partial charge in [0, 0.05) is 0 Å². The predicted molar refractivity (Wildman–Crippen MR) is 80.2 cm³/mol. The lowest BCUT2D eigenvalue weighted by molar-refractivity contribution is 0.0595. The van der Waals surface area contributed by atoms with Gasteiger partial charge < -0.3 is 19.5 Å². The van der Waals surface area contributed by atoms with Gasteiger partial charge in [-0.2, -0.15) is 0 Å². The summed E-state index contributed by atoms with van der Waals surface area (Å²) in [6.07, 6.45) is 1.95. The number of nitrogens with one attached hydrogen (secondary N) is 1. The molecule has 0 unspecified atom stereocenters. The standard InChI is InChI=1S/C14H21NO4.ClH/c1-15-8-4-5-9-19-13-7-6-11(17-2)10-12(13)14(16)18-3;/h6-7,10,15H,4-5,8-9H2,1-3H3;1H. The van der Waals surface area contributed by atoms with E-state index < -0.39 is 5.97 Å². The second-order valence-electron chi connectivity index (χ2n) is 4.01. The Bertz CT molecular complexity index is 412. The van der Waals surface area contributed by atoms with Gasteiger partial charge in [-0.15, -0.1) is 12.4 Å². The minimum absolute atomic E-state index is 0. The van der Waals surface area contributed by atoms with Crippen LogP contribution in [0.1, 0.15) is 23.2 Å². The number of benzene rings is 1. The molecule has 114 valence electrons. The first kappa shape index (κ1) is 18.5. The summed E-state index contributed by atoms with van der Waals surface area (Å²) in [6, 6.07) is 5.10. The van der Waals surface area contributed by atoms with E-state index in [0.29, 0.717) is 23.7 Å². The molecule has 1 rings (SSSR count). The zero-order valence-electron chi connectivity index (χ0n) is 12.1. The molecule has 0 heterocycles. The molecule has 0 saturated carbocycles. The van der Waals surface area contributed by atoms with Crippen molar-refractivity contribution >= 4 is 18.4 Å². The van der Waals surface area contributed by atoms with E-state index >= 15 is 0 Å². The summed E-state index contributed by atoms with van der Waals surface area (Å²) in [5.41, 5.74) is 0.385. The van der Waals surface area contributed by atoms with Gasteiger partial charge in [-0.1, -0.05) is 0 Å². The molecule has 0 bridgehead atoms. The number of halogens is 1. The number of rotatable bonds is 8. The average Bonchev–Trinajstić information content (AvgIpc) is 2.46. The van der Waals surface area contributed by atoms with Crippen molar-refractivity contribution in [2.45, 2.75) is 12.8 Å². The molecule has 0 fully saturated rings. The van der Waals surface area contributed by atoms with Crippen molar-refractivity contribution in [3.05, 3.63) is 23.8 Å². The lowest BCUT2D eigenvalue weighted by atomic mass is 10.2. The Morgan fingerprint density at radius 3 is 2.60 bits per heavy atom. The lowest BCUT2D eigenvalue weighted by Gasteiger charge is -2.11. The highest BCUT2D eigenvalue weighted by atomic mass is 35.5. The fourth-order valence-electron chi connectivity index (χ4n) is 1.62. The van der Waals surface area contributed by atoms with E-state index in [1.165, 1.54) is 7.11 Å². The zero-order chi connectivity index (χ0) is 14.1. The van der Waals surface area contributed by atoms with E-state index in [-0.39, 0.29) is 12.4 Å². The third kappa shape index (κ3) is 5.67. The molecule has 0 amide bonds. The molecule has 0 atom stereocenters. The van der Waals surface area contributed by atoms with Crippen molar-refractivity contribution in [1.82, 2.24) is 5.32 Å². The van der Waals surface area contributed by atoms with Crippen LogP contribution in [0.25, 0.3) is 0 Å². The van der Waals surface area contributed by atoms with Crippen LogP contribution in [0.4, 0.5) is 0 Å². The number of ether oxygens (including phenoxy) is 3. The minimum Gasteiger partial charge on any atom is -0.497 e. The first-order chi connectivity index (χ1) is 9.22. The summed E-state index contributed by atoms with van der Waals surface area (Å²) in [6.45, 7) is 1.52. The van der Waals surface area contributed by atoms with E-state index in [0.717, 1.165) is 19.4 Å². The van der Waals surface area contributed by atoms with Crippen molar-refractivity contribution in [3.8, 4) is 11.5 Å². The first-order valence-electron chi connectivity index (χ1n) is 6.26. The molecular formula is C14H22ClNO4. The molecule has 0 spiro atoms. The predicted octanol–water partition coefficient (Wildman–Crippen LogP) is 2.28. The Balaban J connectivity index is 0.00000361. The number of carbonyl (C=O) groups excluding carboxylic acids is 1. The van der Waals surface area contributed by atoms with Gasteiger partial charge in [0.15, 0.2) is 0 Å². The molecule has 1 N–H and O–H groups in total. The topological polar surface area (TPSA) is 56.8 Å². The Morgan fingerprint density at radius 1 is 1.25 bits per heavy atom. The summed E-state index contributed by atoms with van der Waals surface area (Å²) in [7, 11) is 4.81. The van der Waals surface area contributed by atoms with E-state index in [4.69, 9.17) is 14.2 Å². The summed E-state index contributed by atoms with van der Waals surface area (Å²) in [4.78, 5) is 11.7. The largest absolute Gasteiger partial charge is 0.497 e. The SMILES string of the molecule is CNCCCCOc1ccc(OC)cc1C(=O)OC.Cl. The highest BCUT2D eigenvalue weighted by molar-refractivity contribution is 5.92. The van der Waals surface area contributed by atoms with E-state index in [1.54, 1.807) is 25.3 Å². The van der Waals surface area contributed by atoms with Crippen LogP contribution in [0.15, 0.2) is 18.2 Å². The first-order valence-corrected chi connectivity index (χ1v) is 6.26. The maximum atomic E-state index is 11.7. The van der Waals surface area contributed by atoms with Gasteiger partial charge in [0.25, 0.3) is 0 Å². The summed E-state index contributed by atoms with van der Waals surface area (Å²) in [5, 5.41) is 3.07. The number of esters is 1. The van der Waals surface area contributed by atoms with Crippen LogP contribution in [0.3, 0.4) is 0 Å². The van der Waals surface area contributed by atoms with Crippen LogP contribution in [0.2, 0.25) is 0 Å². The fraction of sp³-hybridized carbons (Fsp3) is 0.500. The second-order valence-corrected chi connectivity index (χ2v) is 4.01. The number of methoxy groups -OCH3 is 2. The maximum absolute atomic E-state index is 11.7. The summed E-state index contributed by atoms with van der Waals surface area (Å²) < 4.78 is 15.4. The molecule has 0 radical (unpaired) electrons. The molecule has 6 heteroatoms. The van der Waals surface area contributed by atoms with Gasteiger partial charge in [-0.05, 0) is 44.6 Å². The van der Waals surface area contributed by atoms with Crippen LogP contribution >= 0.6 is 12.4 Å². The van der Waals surface area contributed by atoms with E-state index in [2.05, 4.69) is 5.32 Å². The minimum atomic E-state index is -0.427. The molecule has 0 aliphatic heterocycles. The van der Waals surface area contributed by atoms with Gasteiger partial charge in [0.05, 0.1) is 20.8 Å². The Morgan fingerprint density at radius 2 is 2.00 bits per heavy atom. The Kier molecular flexibility index (Phi) is 9.59. The second kappa shape index (κ2) is 10.3. The van der Waals surface area contributed by atoms with Crippen LogP contribution in [-0.2, 0) is 4.74 Å². The third-order valence-electron chi connectivity index (χ3n) is 2.67. The molecule has 0 aliphatic carbocycles. The quantitative estimate of drug-likeness (QED) is 0.590. The zero-order valence-corrected chi connectivity index (χ0v) is 12.9. The van der Waals surface area contributed by atoms with Crippen LogP contribution < -0.4 is 14.8 Å². The molecule has 20 heavy (non-hydrogen) atoms. The molecular weight excluding hydrogens is 282 g/mol. The molecule has 1 aromatic carbocycles. The molecule has 5 nitrogen and oxygen atoms in total. The van der Waals surface area contributed by atoms with Crippen LogP contribution in [0, 0.1) is 0 Å². The number of hydrogen-bond donors (Lipinski definition) is 1. The summed E-state index contributed by atoms with van der Waals surface area (Å²) in [5.74, 6) is 0.698. The molecule has 0 aromatic heterocycles. The summed E-state index contributed by atoms with van der Waals surface area (Å²) >= 11 is 0. The Hall–Kier alpha value is -1.46. The normalized spacial score (nSPS) is 9.55. The number of carbonyl (C=O) groups is 1. The third-order valence-corrected chi connectivity index (χ3v) is 2.67. The van der Waals surface area contributed by atoms with Crippen molar-refractivity contribution < 1.29 is 19.0 Å². The van der Waals surface area contributed by atoms with Crippen molar-refractivity contribution in [1.29, 1.82) is 0 Å². The molecule has 0 aliphatic rings. The van der Waals surface area contributed by atoms with Gasteiger partial charge in [0.2, 0.25) is 0 Å². The fourth-order valence-corrected chi connectivity index (χ4v) is 1.62. The van der Waals surface area contributed by atoms with Crippen molar-refractivity contribution in [2.24, 2.45) is 0 Å². The van der Waals surface area contributed by atoms with Crippen molar-refractivity contribution in [3.63, 3.8) is 0 Å². The van der Waals surface area contributed by atoms with Gasteiger partial charge >= 0.3 is 5.97 Å². The van der Waals surface area contributed by atoms with Crippen molar-refractivity contribution in [2.75, 3.05) is 34.4 Å². The van der Waals surface area contributed by atoms with Gasteiger partial charge in [0.1, 0.15) is 17.1 Å². The number of hydrogen-bond acceptors (Lipinski definition) is 5. The van der Waals surface area contributed by atoms with Crippen LogP contribution in [-0.4, -0.2) is 40.4 Å². The highest BCUT2D eigenvalue weighted by Gasteiger charge is 2.14. The average molecular weight is 304 g/mol. The Labute approximate surface area is 126 Å². The smallest absolute Gasteiger partial charge is 0.341 e. The van der Waals surface area contributed by atoms with Gasteiger partial charge in [-0.25, -0.2) is 4.79 Å².